The number of hydrogen-bond acceptors (Lipinski definition) is 4. The molecule has 0 aromatic carbocycles. The lowest BCUT2D eigenvalue weighted by molar-refractivity contribution is -0.140. The fraction of sp³-hybridized carbons (Fsp3) is 0.889. The molecule has 2 N–H and O–H groups in total. The first-order valence-corrected chi connectivity index (χ1v) is 6.73. The van der Waals surface area contributed by atoms with Gasteiger partial charge in [-0.15, -0.1) is 0 Å². The van der Waals surface area contributed by atoms with Gasteiger partial charge in [0.25, 0.3) is 10.2 Å². The van der Waals surface area contributed by atoms with E-state index in [-0.39, 0.29) is 19.0 Å². The number of carboxylic acids is 1. The maximum Gasteiger partial charge on any atom is 0.322 e. The Kier molecular flexibility index (Phi) is 4.13. The molecule has 0 saturated carbocycles. The molecule has 0 unspecified atom stereocenters. The van der Waals surface area contributed by atoms with Crippen LogP contribution in [-0.2, 0) is 15.0 Å². The minimum absolute atomic E-state index is 0.0689. The molecule has 0 aromatic rings. The summed E-state index contributed by atoms with van der Waals surface area (Å²) >= 11 is 0. The van der Waals surface area contributed by atoms with Crippen LogP contribution in [0.2, 0.25) is 0 Å². The van der Waals surface area contributed by atoms with Crippen LogP contribution in [0.3, 0.4) is 0 Å². The lowest BCUT2D eigenvalue weighted by Crippen LogP contribution is -2.49. The lowest BCUT2D eigenvalue weighted by atomic mass is 10.2. The molecule has 7 nitrogen and oxygen atoms in total. The van der Waals surface area contributed by atoms with Crippen LogP contribution in [0.15, 0.2) is 0 Å². The van der Waals surface area contributed by atoms with Crippen molar-refractivity contribution in [2.75, 3.05) is 13.6 Å². The number of aliphatic carboxylic acids is 1. The fourth-order valence-electron chi connectivity index (χ4n) is 1.70. The average Bonchev–Trinajstić information content (AvgIpc) is 2.59. The summed E-state index contributed by atoms with van der Waals surface area (Å²) in [7, 11) is -2.45. The van der Waals surface area contributed by atoms with E-state index in [0.717, 1.165) is 8.61 Å². The Morgan fingerprint density at radius 1 is 1.47 bits per heavy atom. The third-order valence-corrected chi connectivity index (χ3v) is 5.05. The van der Waals surface area contributed by atoms with Crippen LogP contribution in [0.4, 0.5) is 0 Å². The van der Waals surface area contributed by atoms with E-state index in [9.17, 15) is 18.3 Å². The van der Waals surface area contributed by atoms with Gasteiger partial charge in [0.15, 0.2) is 0 Å². The molecule has 1 heterocycles. The zero-order chi connectivity index (χ0) is 13.4. The van der Waals surface area contributed by atoms with Crippen molar-refractivity contribution < 1.29 is 23.4 Å². The van der Waals surface area contributed by atoms with Gasteiger partial charge in [-0.1, -0.05) is 0 Å². The van der Waals surface area contributed by atoms with Crippen LogP contribution in [0.5, 0.6) is 0 Å². The van der Waals surface area contributed by atoms with Gasteiger partial charge in [-0.2, -0.15) is 17.0 Å². The Morgan fingerprint density at radius 2 is 2.00 bits per heavy atom. The van der Waals surface area contributed by atoms with Gasteiger partial charge < -0.3 is 10.2 Å². The summed E-state index contributed by atoms with van der Waals surface area (Å²) in [5.74, 6) is -1.23. The molecule has 2 atom stereocenters. The van der Waals surface area contributed by atoms with Crippen LogP contribution in [-0.4, -0.2) is 65.0 Å². The summed E-state index contributed by atoms with van der Waals surface area (Å²) in [5, 5.41) is 18.4. The molecule has 0 aliphatic carbocycles. The zero-order valence-corrected chi connectivity index (χ0v) is 10.9. The van der Waals surface area contributed by atoms with Gasteiger partial charge in [-0.3, -0.25) is 4.79 Å². The molecular weight excluding hydrogens is 248 g/mol. The van der Waals surface area contributed by atoms with Crippen LogP contribution >= 0.6 is 0 Å². The summed E-state index contributed by atoms with van der Waals surface area (Å²) in [5.41, 5.74) is 0. The van der Waals surface area contributed by atoms with Gasteiger partial charge in [-0.25, -0.2) is 0 Å². The first-order chi connectivity index (χ1) is 7.67. The largest absolute Gasteiger partial charge is 0.480 e. The van der Waals surface area contributed by atoms with E-state index in [1.807, 2.05) is 0 Å². The van der Waals surface area contributed by atoms with E-state index < -0.39 is 28.3 Å². The molecule has 0 spiro atoms. The zero-order valence-electron chi connectivity index (χ0n) is 10.1. The van der Waals surface area contributed by atoms with Crippen molar-refractivity contribution in [3.05, 3.63) is 0 Å². The molecule has 17 heavy (non-hydrogen) atoms. The predicted molar refractivity (Wildman–Crippen MR) is 60.6 cm³/mol. The lowest BCUT2D eigenvalue weighted by Gasteiger charge is -2.28. The number of aliphatic hydroxyl groups excluding tert-OH is 1. The maximum atomic E-state index is 12.1. The highest BCUT2D eigenvalue weighted by molar-refractivity contribution is 7.86. The number of aliphatic hydroxyl groups is 1. The van der Waals surface area contributed by atoms with Crippen LogP contribution < -0.4 is 0 Å². The minimum atomic E-state index is -3.84. The van der Waals surface area contributed by atoms with E-state index in [0.29, 0.717) is 0 Å². The van der Waals surface area contributed by atoms with E-state index in [2.05, 4.69) is 0 Å². The third-order valence-electron chi connectivity index (χ3n) is 2.91. The molecule has 1 fully saturated rings. The molecular formula is C9H18N2O5S. The molecule has 1 rings (SSSR count). The van der Waals surface area contributed by atoms with Crippen molar-refractivity contribution in [1.82, 2.24) is 8.61 Å². The van der Waals surface area contributed by atoms with Crippen molar-refractivity contribution >= 4 is 16.2 Å². The predicted octanol–water partition coefficient (Wildman–Crippen LogP) is -0.909. The molecule has 1 aliphatic rings. The quantitative estimate of drug-likeness (QED) is 0.686. The Morgan fingerprint density at radius 3 is 2.41 bits per heavy atom. The molecule has 0 aromatic heterocycles. The average molecular weight is 266 g/mol. The number of hydrogen-bond donors (Lipinski definition) is 2. The first kappa shape index (κ1) is 14.4. The van der Waals surface area contributed by atoms with Crippen molar-refractivity contribution in [2.45, 2.75) is 38.5 Å². The number of rotatable bonds is 4. The summed E-state index contributed by atoms with van der Waals surface area (Å²) in [6.45, 7) is 3.22. The Balaban J connectivity index is 3.02. The summed E-state index contributed by atoms with van der Waals surface area (Å²) < 4.78 is 26.2. The maximum absolute atomic E-state index is 12.1. The molecule has 1 saturated heterocycles. The minimum Gasteiger partial charge on any atom is -0.480 e. The van der Waals surface area contributed by atoms with Gasteiger partial charge in [0.1, 0.15) is 6.04 Å². The monoisotopic (exact) mass is 266 g/mol. The van der Waals surface area contributed by atoms with Gasteiger partial charge in [0.05, 0.1) is 6.10 Å². The number of β-amino-alcohol motifs (C(OH)–C–C–N with tert-alkyl or cyclic N) is 1. The second-order valence-electron chi connectivity index (χ2n) is 4.43. The highest BCUT2D eigenvalue weighted by atomic mass is 32.2. The highest BCUT2D eigenvalue weighted by Gasteiger charge is 2.44. The van der Waals surface area contributed by atoms with Gasteiger partial charge >= 0.3 is 5.97 Å². The standard InChI is InChI=1S/C9H18N2O5S/c1-6(2)10(3)17(15,16)11-5-7(12)4-8(11)9(13)14/h6-8,12H,4-5H2,1-3H3,(H,13,14)/t7-,8-/m0/s1. The van der Waals surface area contributed by atoms with Crippen LogP contribution in [0.25, 0.3) is 0 Å². The summed E-state index contributed by atoms with van der Waals surface area (Å²) in [6, 6.07) is -1.46. The van der Waals surface area contributed by atoms with Gasteiger partial charge in [0.2, 0.25) is 0 Å². The van der Waals surface area contributed by atoms with Crippen LogP contribution in [0.1, 0.15) is 20.3 Å². The smallest absolute Gasteiger partial charge is 0.322 e. The molecule has 0 bridgehead atoms. The third kappa shape index (κ3) is 2.76. The van der Waals surface area contributed by atoms with E-state index >= 15 is 0 Å². The molecule has 8 heteroatoms. The van der Waals surface area contributed by atoms with Gasteiger partial charge in [0, 0.05) is 26.1 Å². The molecule has 0 radical (unpaired) electrons. The second kappa shape index (κ2) is 4.89. The van der Waals surface area contributed by atoms with E-state index in [1.165, 1.54) is 7.05 Å². The molecule has 0 amide bonds. The van der Waals surface area contributed by atoms with E-state index in [4.69, 9.17) is 5.11 Å². The normalized spacial score (nSPS) is 26.9. The molecule has 1 aliphatic heterocycles. The van der Waals surface area contributed by atoms with Crippen molar-refractivity contribution in [3.8, 4) is 0 Å². The summed E-state index contributed by atoms with van der Waals surface area (Å²) in [4.78, 5) is 11.0. The Hall–Kier alpha value is -0.700. The molecule has 100 valence electrons. The van der Waals surface area contributed by atoms with Crippen molar-refractivity contribution in [1.29, 1.82) is 0 Å². The fourth-order valence-corrected chi connectivity index (χ4v) is 3.42. The van der Waals surface area contributed by atoms with Crippen molar-refractivity contribution in [3.63, 3.8) is 0 Å². The van der Waals surface area contributed by atoms with Gasteiger partial charge in [-0.05, 0) is 13.8 Å². The number of carbonyl (C=O) groups is 1. The van der Waals surface area contributed by atoms with Crippen molar-refractivity contribution in [2.24, 2.45) is 0 Å². The first-order valence-electron chi connectivity index (χ1n) is 5.33. The summed E-state index contributed by atoms with van der Waals surface area (Å²) in [6.07, 6.45) is -0.994. The Labute approximate surface area is 101 Å². The number of nitrogens with zero attached hydrogens (tertiary/aromatic N) is 2. The highest BCUT2D eigenvalue weighted by Crippen LogP contribution is 2.24. The van der Waals surface area contributed by atoms with Crippen LogP contribution in [0, 0.1) is 0 Å². The SMILES string of the molecule is CC(C)N(C)S(=O)(=O)N1C[C@@H](O)C[C@H]1C(=O)O. The van der Waals surface area contributed by atoms with E-state index in [1.54, 1.807) is 13.8 Å². The second-order valence-corrected chi connectivity index (χ2v) is 6.37. The number of carboxylic acid groups (broad SMARTS) is 1. The Bertz CT molecular complexity index is 394. The topological polar surface area (TPSA) is 98.2 Å².